The predicted molar refractivity (Wildman–Crippen MR) is 50.3 cm³/mol. The summed E-state index contributed by atoms with van der Waals surface area (Å²) in [6, 6.07) is 0. The van der Waals surface area contributed by atoms with E-state index in [0.29, 0.717) is 9.82 Å². The molecule has 1 aromatic heterocycles. The Balaban J connectivity index is 2.60. The van der Waals surface area contributed by atoms with E-state index in [-0.39, 0.29) is 0 Å². The Morgan fingerprint density at radius 3 is 2.73 bits per heavy atom. The van der Waals surface area contributed by atoms with E-state index < -0.39 is 0 Å². The summed E-state index contributed by atoms with van der Waals surface area (Å²) in [5.41, 5.74) is 0. The van der Waals surface area contributed by atoms with Crippen molar-refractivity contribution in [1.82, 2.24) is 10.2 Å². The maximum Gasteiger partial charge on any atom is 0.278 e. The van der Waals surface area contributed by atoms with E-state index in [0.717, 1.165) is 18.7 Å². The molecule has 4 heteroatoms. The molecule has 0 radical (unpaired) electrons. The van der Waals surface area contributed by atoms with Crippen molar-refractivity contribution in [2.75, 3.05) is 0 Å². The summed E-state index contributed by atoms with van der Waals surface area (Å²) in [5.74, 6) is 1.16. The Morgan fingerprint density at radius 2 is 2.27 bits per heavy atom. The van der Waals surface area contributed by atoms with E-state index in [9.17, 15) is 0 Å². The maximum atomic E-state index is 5.26. The molecule has 0 aromatic carbocycles. The second kappa shape index (κ2) is 4.04. The first-order valence-electron chi connectivity index (χ1n) is 3.73. The van der Waals surface area contributed by atoms with Gasteiger partial charge in [-0.3, -0.25) is 0 Å². The Kier molecular flexibility index (Phi) is 3.29. The molecule has 0 bridgehead atoms. The summed E-state index contributed by atoms with van der Waals surface area (Å²) < 4.78 is 5.89. The third-order valence-corrected chi connectivity index (χ3v) is 2.00. The van der Waals surface area contributed by atoms with Gasteiger partial charge < -0.3 is 4.42 Å². The molecule has 62 valence electrons. The van der Waals surface area contributed by atoms with Crippen molar-refractivity contribution < 1.29 is 4.42 Å². The van der Waals surface area contributed by atoms with Crippen molar-refractivity contribution in [3.8, 4) is 0 Å². The molecule has 11 heavy (non-hydrogen) atoms. The van der Waals surface area contributed by atoms with Crippen molar-refractivity contribution in [3.63, 3.8) is 0 Å². The van der Waals surface area contributed by atoms with Gasteiger partial charge in [0.25, 0.3) is 3.90 Å². The highest BCUT2D eigenvalue weighted by molar-refractivity contribution is 14.1. The van der Waals surface area contributed by atoms with Crippen molar-refractivity contribution in [1.29, 1.82) is 0 Å². The molecule has 0 saturated carbocycles. The van der Waals surface area contributed by atoms with Crippen molar-refractivity contribution in [3.05, 3.63) is 9.79 Å². The number of hydrogen-bond acceptors (Lipinski definition) is 3. The second-order valence-electron chi connectivity index (χ2n) is 2.58. The van der Waals surface area contributed by atoms with Gasteiger partial charge in [0.2, 0.25) is 5.89 Å². The zero-order valence-electron chi connectivity index (χ0n) is 6.67. The fraction of sp³-hybridized carbons (Fsp3) is 0.714. The van der Waals surface area contributed by atoms with Gasteiger partial charge in [-0.05, 0) is 6.42 Å². The Labute approximate surface area is 79.7 Å². The Hall–Kier alpha value is -0.130. The van der Waals surface area contributed by atoms with E-state index in [1.54, 1.807) is 0 Å². The average Bonchev–Trinajstić information content (AvgIpc) is 2.36. The van der Waals surface area contributed by atoms with E-state index in [1.807, 2.05) is 22.6 Å². The largest absolute Gasteiger partial charge is 0.416 e. The number of rotatable bonds is 3. The number of aromatic nitrogens is 2. The molecule has 0 amide bonds. The summed E-state index contributed by atoms with van der Waals surface area (Å²) in [6.45, 7) is 4.25. The first-order valence-corrected chi connectivity index (χ1v) is 4.80. The average molecular weight is 266 g/mol. The van der Waals surface area contributed by atoms with E-state index in [2.05, 4.69) is 24.0 Å². The van der Waals surface area contributed by atoms with Gasteiger partial charge in [0.15, 0.2) is 0 Å². The normalized spacial score (nSPS) is 13.4. The molecule has 0 N–H and O–H groups in total. The summed E-state index contributed by atoms with van der Waals surface area (Å²) in [4.78, 5) is 0. The first kappa shape index (κ1) is 8.96. The minimum absolute atomic E-state index is 0.399. The molecule has 0 aliphatic carbocycles. The van der Waals surface area contributed by atoms with Crippen LogP contribution in [-0.2, 0) is 0 Å². The van der Waals surface area contributed by atoms with Crippen LogP contribution in [-0.4, -0.2) is 10.2 Å². The van der Waals surface area contributed by atoms with Gasteiger partial charge in [-0.15, -0.1) is 10.2 Å². The van der Waals surface area contributed by atoms with Crippen molar-refractivity contribution in [2.45, 2.75) is 32.6 Å². The fourth-order valence-electron chi connectivity index (χ4n) is 0.971. The summed E-state index contributed by atoms with van der Waals surface area (Å²) in [6.07, 6.45) is 2.26. The van der Waals surface area contributed by atoms with Crippen LogP contribution in [0.4, 0.5) is 0 Å². The van der Waals surface area contributed by atoms with Crippen molar-refractivity contribution >= 4 is 22.6 Å². The highest BCUT2D eigenvalue weighted by atomic mass is 127. The van der Waals surface area contributed by atoms with Crippen LogP contribution in [0.2, 0.25) is 0 Å². The molecule has 1 heterocycles. The zero-order valence-corrected chi connectivity index (χ0v) is 8.83. The second-order valence-corrected chi connectivity index (χ2v) is 3.51. The molecular weight excluding hydrogens is 255 g/mol. The number of nitrogens with zero attached hydrogens (tertiary/aromatic N) is 2. The maximum absolute atomic E-state index is 5.26. The lowest BCUT2D eigenvalue weighted by Crippen LogP contribution is -1.92. The lowest BCUT2D eigenvalue weighted by molar-refractivity contribution is 0.426. The Bertz CT molecular complexity index is 224. The quantitative estimate of drug-likeness (QED) is 0.789. The van der Waals surface area contributed by atoms with E-state index in [1.165, 1.54) is 0 Å². The van der Waals surface area contributed by atoms with Crippen LogP contribution in [0.5, 0.6) is 0 Å². The minimum Gasteiger partial charge on any atom is -0.416 e. The molecule has 1 rings (SSSR count). The third kappa shape index (κ3) is 2.43. The van der Waals surface area contributed by atoms with Crippen LogP contribution in [0.15, 0.2) is 4.42 Å². The molecule has 0 saturated heterocycles. The molecule has 0 fully saturated rings. The van der Waals surface area contributed by atoms with Gasteiger partial charge >= 0.3 is 0 Å². The van der Waals surface area contributed by atoms with Crippen LogP contribution in [0.25, 0.3) is 0 Å². The fourth-order valence-corrected chi connectivity index (χ4v) is 1.30. The number of halogens is 1. The van der Waals surface area contributed by atoms with Gasteiger partial charge in [-0.25, -0.2) is 0 Å². The molecule has 1 unspecified atom stereocenters. The van der Waals surface area contributed by atoms with Gasteiger partial charge in [-0.2, -0.15) is 0 Å². The van der Waals surface area contributed by atoms with E-state index >= 15 is 0 Å². The van der Waals surface area contributed by atoms with E-state index in [4.69, 9.17) is 4.42 Å². The van der Waals surface area contributed by atoms with Crippen molar-refractivity contribution in [2.24, 2.45) is 0 Å². The molecular formula is C7H11IN2O. The lowest BCUT2D eigenvalue weighted by Gasteiger charge is -2.01. The lowest BCUT2D eigenvalue weighted by atomic mass is 10.1. The van der Waals surface area contributed by atoms with Crippen LogP contribution >= 0.6 is 22.6 Å². The minimum atomic E-state index is 0.399. The highest BCUT2D eigenvalue weighted by Crippen LogP contribution is 2.18. The summed E-state index contributed by atoms with van der Waals surface area (Å²) in [7, 11) is 0. The van der Waals surface area contributed by atoms with Gasteiger partial charge in [-0.1, -0.05) is 20.3 Å². The smallest absolute Gasteiger partial charge is 0.278 e. The van der Waals surface area contributed by atoms with Crippen LogP contribution in [0.3, 0.4) is 0 Å². The molecule has 1 atom stereocenters. The summed E-state index contributed by atoms with van der Waals surface area (Å²) in [5, 5.41) is 7.70. The topological polar surface area (TPSA) is 38.9 Å². The molecule has 0 spiro atoms. The molecule has 0 aliphatic rings. The monoisotopic (exact) mass is 266 g/mol. The highest BCUT2D eigenvalue weighted by Gasteiger charge is 2.10. The summed E-state index contributed by atoms with van der Waals surface area (Å²) >= 11 is 2.02. The third-order valence-electron chi connectivity index (χ3n) is 1.56. The van der Waals surface area contributed by atoms with Crippen LogP contribution in [0.1, 0.15) is 38.5 Å². The Morgan fingerprint density at radius 1 is 1.55 bits per heavy atom. The van der Waals surface area contributed by atoms with Gasteiger partial charge in [0.1, 0.15) is 0 Å². The van der Waals surface area contributed by atoms with Gasteiger partial charge in [0.05, 0.1) is 0 Å². The standard InChI is InChI=1S/C7H11IN2O/c1-3-4-5(2)6-9-10-7(8)11-6/h5H,3-4H2,1-2H3. The van der Waals surface area contributed by atoms with Crippen LogP contribution < -0.4 is 0 Å². The molecule has 1 aromatic rings. The van der Waals surface area contributed by atoms with Crippen LogP contribution in [0, 0.1) is 3.90 Å². The zero-order chi connectivity index (χ0) is 8.27. The predicted octanol–water partition coefficient (Wildman–Crippen LogP) is 2.58. The van der Waals surface area contributed by atoms with Gasteiger partial charge in [0, 0.05) is 28.5 Å². The number of hydrogen-bond donors (Lipinski definition) is 0. The molecule has 3 nitrogen and oxygen atoms in total. The first-order chi connectivity index (χ1) is 5.24. The molecule has 0 aliphatic heterocycles. The SMILES string of the molecule is CCCC(C)c1nnc(I)o1.